The highest BCUT2D eigenvalue weighted by molar-refractivity contribution is 6.14. The number of hydrogen-bond acceptors (Lipinski definition) is 5. The number of hydrogen-bond donors (Lipinski definition) is 2. The molecule has 2 rings (SSSR count). The van der Waals surface area contributed by atoms with Gasteiger partial charge in [-0.2, -0.15) is 0 Å². The summed E-state index contributed by atoms with van der Waals surface area (Å²) in [4.78, 5) is 25.4. The third kappa shape index (κ3) is 4.69. The van der Waals surface area contributed by atoms with E-state index in [4.69, 9.17) is 14.2 Å². The van der Waals surface area contributed by atoms with Gasteiger partial charge in [-0.05, 0) is 50.2 Å². The summed E-state index contributed by atoms with van der Waals surface area (Å²) in [6, 6.07) is 11.9. The number of methoxy groups -OCH3 is 3. The molecule has 0 saturated carbocycles. The molecule has 2 N–H and O–H groups in total. The number of rotatable bonds is 7. The maximum Gasteiger partial charge on any atom is 0.239 e. The Morgan fingerprint density at radius 1 is 0.778 bits per heavy atom. The molecular formula is C20H24N2O5. The SMILES string of the molecule is COc1ccc(NC(=O)C(C)(C)C(=O)Nc2cc(OC)ccc2OC)cc1. The summed E-state index contributed by atoms with van der Waals surface area (Å²) in [5.41, 5.74) is -0.332. The first kappa shape index (κ1) is 20.1. The predicted octanol–water partition coefficient (Wildman–Crippen LogP) is 3.32. The van der Waals surface area contributed by atoms with Crippen molar-refractivity contribution in [1.82, 2.24) is 0 Å². The first-order chi connectivity index (χ1) is 12.8. The summed E-state index contributed by atoms with van der Waals surface area (Å²) in [5, 5.41) is 5.48. The van der Waals surface area contributed by atoms with Gasteiger partial charge in [0.25, 0.3) is 0 Å². The molecule has 0 aliphatic carbocycles. The van der Waals surface area contributed by atoms with Crippen LogP contribution in [-0.4, -0.2) is 33.1 Å². The van der Waals surface area contributed by atoms with Gasteiger partial charge in [-0.3, -0.25) is 9.59 Å². The quantitative estimate of drug-likeness (QED) is 0.728. The Morgan fingerprint density at radius 3 is 1.89 bits per heavy atom. The van der Waals surface area contributed by atoms with Gasteiger partial charge in [-0.25, -0.2) is 0 Å². The number of nitrogens with one attached hydrogen (secondary N) is 2. The van der Waals surface area contributed by atoms with Crippen LogP contribution in [-0.2, 0) is 9.59 Å². The van der Waals surface area contributed by atoms with Gasteiger partial charge >= 0.3 is 0 Å². The smallest absolute Gasteiger partial charge is 0.239 e. The normalized spacial score (nSPS) is 10.7. The van der Waals surface area contributed by atoms with Gasteiger partial charge < -0.3 is 24.8 Å². The number of carbonyl (C=O) groups is 2. The Morgan fingerprint density at radius 2 is 1.33 bits per heavy atom. The van der Waals surface area contributed by atoms with E-state index in [1.54, 1.807) is 63.4 Å². The van der Waals surface area contributed by atoms with Crippen molar-refractivity contribution >= 4 is 23.2 Å². The second kappa shape index (κ2) is 8.44. The third-order valence-corrected chi connectivity index (χ3v) is 4.14. The fourth-order valence-corrected chi connectivity index (χ4v) is 2.26. The van der Waals surface area contributed by atoms with E-state index in [2.05, 4.69) is 10.6 Å². The fraction of sp³-hybridized carbons (Fsp3) is 0.300. The summed E-state index contributed by atoms with van der Waals surface area (Å²) >= 11 is 0. The molecule has 0 fully saturated rings. The molecule has 2 aromatic rings. The fourth-order valence-electron chi connectivity index (χ4n) is 2.26. The van der Waals surface area contributed by atoms with Crippen molar-refractivity contribution in [2.45, 2.75) is 13.8 Å². The van der Waals surface area contributed by atoms with E-state index in [0.717, 1.165) is 0 Å². The Balaban J connectivity index is 2.14. The van der Waals surface area contributed by atoms with Gasteiger partial charge in [0.2, 0.25) is 11.8 Å². The van der Waals surface area contributed by atoms with E-state index in [1.807, 2.05) is 0 Å². The first-order valence-electron chi connectivity index (χ1n) is 8.30. The number of amides is 2. The average Bonchev–Trinajstić information content (AvgIpc) is 2.68. The molecule has 0 unspecified atom stereocenters. The molecule has 0 aliphatic heterocycles. The van der Waals surface area contributed by atoms with Crippen LogP contribution in [0.15, 0.2) is 42.5 Å². The van der Waals surface area contributed by atoms with Gasteiger partial charge in [0, 0.05) is 11.8 Å². The van der Waals surface area contributed by atoms with E-state index in [0.29, 0.717) is 28.6 Å². The lowest BCUT2D eigenvalue weighted by atomic mass is 9.90. The van der Waals surface area contributed by atoms with Gasteiger partial charge in [-0.15, -0.1) is 0 Å². The molecule has 27 heavy (non-hydrogen) atoms. The van der Waals surface area contributed by atoms with Crippen molar-refractivity contribution in [2.24, 2.45) is 5.41 Å². The highest BCUT2D eigenvalue weighted by Crippen LogP contribution is 2.31. The zero-order valence-electron chi connectivity index (χ0n) is 16.1. The molecule has 7 heteroatoms. The van der Waals surface area contributed by atoms with Crippen LogP contribution in [0.2, 0.25) is 0 Å². The van der Waals surface area contributed by atoms with Crippen molar-refractivity contribution in [2.75, 3.05) is 32.0 Å². The Labute approximate surface area is 158 Å². The Kier molecular flexibility index (Phi) is 6.28. The van der Waals surface area contributed by atoms with Crippen LogP contribution in [0.4, 0.5) is 11.4 Å². The predicted molar refractivity (Wildman–Crippen MR) is 104 cm³/mol. The van der Waals surface area contributed by atoms with E-state index < -0.39 is 17.2 Å². The van der Waals surface area contributed by atoms with Crippen molar-refractivity contribution < 1.29 is 23.8 Å². The van der Waals surface area contributed by atoms with Crippen LogP contribution < -0.4 is 24.8 Å². The molecule has 0 spiro atoms. The number of ether oxygens (including phenoxy) is 3. The standard InChI is InChI=1S/C20H24N2O5/c1-20(2,18(23)21-13-6-8-14(25-3)9-7-13)19(24)22-16-12-15(26-4)10-11-17(16)27-5/h6-12H,1-5H3,(H,21,23)(H,22,24). The molecule has 7 nitrogen and oxygen atoms in total. The lowest BCUT2D eigenvalue weighted by molar-refractivity contribution is -0.135. The van der Waals surface area contributed by atoms with Crippen molar-refractivity contribution in [1.29, 1.82) is 0 Å². The molecule has 0 aromatic heterocycles. The summed E-state index contributed by atoms with van der Waals surface area (Å²) in [6.45, 7) is 3.10. The summed E-state index contributed by atoms with van der Waals surface area (Å²) in [7, 11) is 4.59. The maximum absolute atomic E-state index is 12.7. The summed E-state index contributed by atoms with van der Waals surface area (Å²) in [5.74, 6) is 0.796. The van der Waals surface area contributed by atoms with Crippen LogP contribution in [0.3, 0.4) is 0 Å². The molecule has 2 amide bonds. The number of carbonyl (C=O) groups excluding carboxylic acids is 2. The van der Waals surface area contributed by atoms with Crippen LogP contribution in [0, 0.1) is 5.41 Å². The van der Waals surface area contributed by atoms with E-state index in [1.165, 1.54) is 14.2 Å². The molecule has 0 bridgehead atoms. The van der Waals surface area contributed by atoms with E-state index in [-0.39, 0.29) is 0 Å². The zero-order valence-corrected chi connectivity index (χ0v) is 16.1. The topological polar surface area (TPSA) is 85.9 Å². The number of benzene rings is 2. The zero-order chi connectivity index (χ0) is 20.0. The minimum atomic E-state index is -1.33. The van der Waals surface area contributed by atoms with Crippen molar-refractivity contribution in [3.63, 3.8) is 0 Å². The van der Waals surface area contributed by atoms with Crippen LogP contribution in [0.5, 0.6) is 17.2 Å². The highest BCUT2D eigenvalue weighted by atomic mass is 16.5. The van der Waals surface area contributed by atoms with E-state index in [9.17, 15) is 9.59 Å². The van der Waals surface area contributed by atoms with Gasteiger partial charge in [0.15, 0.2) is 0 Å². The second-order valence-electron chi connectivity index (χ2n) is 6.33. The molecule has 0 saturated heterocycles. The van der Waals surface area contributed by atoms with Crippen molar-refractivity contribution in [3.05, 3.63) is 42.5 Å². The third-order valence-electron chi connectivity index (χ3n) is 4.14. The molecule has 0 radical (unpaired) electrons. The molecule has 0 heterocycles. The second-order valence-corrected chi connectivity index (χ2v) is 6.33. The molecule has 2 aromatic carbocycles. The largest absolute Gasteiger partial charge is 0.497 e. The Hall–Kier alpha value is -3.22. The molecule has 0 atom stereocenters. The van der Waals surface area contributed by atoms with Gasteiger partial charge in [-0.1, -0.05) is 0 Å². The van der Waals surface area contributed by atoms with Crippen LogP contribution in [0.25, 0.3) is 0 Å². The van der Waals surface area contributed by atoms with Crippen LogP contribution in [0.1, 0.15) is 13.8 Å². The Bertz CT molecular complexity index is 816. The monoisotopic (exact) mass is 372 g/mol. The lowest BCUT2D eigenvalue weighted by Gasteiger charge is -2.23. The highest BCUT2D eigenvalue weighted by Gasteiger charge is 2.36. The summed E-state index contributed by atoms with van der Waals surface area (Å²) in [6.07, 6.45) is 0. The van der Waals surface area contributed by atoms with Crippen molar-refractivity contribution in [3.8, 4) is 17.2 Å². The summed E-state index contributed by atoms with van der Waals surface area (Å²) < 4.78 is 15.5. The van der Waals surface area contributed by atoms with Crippen LogP contribution >= 0.6 is 0 Å². The lowest BCUT2D eigenvalue weighted by Crippen LogP contribution is -2.41. The minimum absolute atomic E-state index is 0.423. The van der Waals surface area contributed by atoms with Gasteiger partial charge in [0.05, 0.1) is 27.0 Å². The van der Waals surface area contributed by atoms with E-state index >= 15 is 0 Å². The minimum Gasteiger partial charge on any atom is -0.497 e. The average molecular weight is 372 g/mol. The molecule has 0 aliphatic rings. The van der Waals surface area contributed by atoms with Gasteiger partial charge in [0.1, 0.15) is 22.7 Å². The number of anilines is 2. The molecular weight excluding hydrogens is 348 g/mol. The molecule has 144 valence electrons. The maximum atomic E-state index is 12.7. The first-order valence-corrected chi connectivity index (χ1v) is 8.30.